The maximum absolute atomic E-state index is 12.3. The molecule has 0 aromatic rings. The fourth-order valence-electron chi connectivity index (χ4n) is 2.99. The SMILES string of the molecule is O=C(O)CCN(C(=O)NC1CCN(C2CC2)C1)C1CC1. The number of aliphatic carboxylic acids is 1. The van der Waals surface area contributed by atoms with Crippen molar-refractivity contribution in [2.24, 2.45) is 0 Å². The van der Waals surface area contributed by atoms with E-state index in [-0.39, 0.29) is 24.5 Å². The molecule has 0 aromatic carbocycles. The molecular formula is C14H23N3O3. The number of likely N-dealkylation sites (tertiary alicyclic amines) is 1. The third-order valence-electron chi connectivity index (χ3n) is 4.43. The van der Waals surface area contributed by atoms with Gasteiger partial charge in [0.15, 0.2) is 0 Å². The van der Waals surface area contributed by atoms with Gasteiger partial charge < -0.3 is 15.3 Å². The lowest BCUT2D eigenvalue weighted by Crippen LogP contribution is -2.47. The van der Waals surface area contributed by atoms with Gasteiger partial charge >= 0.3 is 12.0 Å². The number of amides is 2. The first-order valence-electron chi connectivity index (χ1n) is 7.66. The van der Waals surface area contributed by atoms with Gasteiger partial charge in [0, 0.05) is 37.8 Å². The van der Waals surface area contributed by atoms with Crippen molar-refractivity contribution in [3.05, 3.63) is 0 Å². The van der Waals surface area contributed by atoms with Gasteiger partial charge in [-0.25, -0.2) is 4.79 Å². The van der Waals surface area contributed by atoms with Crippen molar-refractivity contribution in [3.8, 4) is 0 Å². The van der Waals surface area contributed by atoms with Gasteiger partial charge in [0.05, 0.1) is 6.42 Å². The number of carbonyl (C=O) groups is 2. The highest BCUT2D eigenvalue weighted by atomic mass is 16.4. The molecule has 1 atom stereocenters. The summed E-state index contributed by atoms with van der Waals surface area (Å²) in [5.41, 5.74) is 0. The van der Waals surface area contributed by atoms with Gasteiger partial charge in [0.1, 0.15) is 0 Å². The number of carboxylic acids is 1. The predicted octanol–water partition coefficient (Wildman–Crippen LogP) is 0.872. The quantitative estimate of drug-likeness (QED) is 0.758. The number of hydrogen-bond acceptors (Lipinski definition) is 3. The van der Waals surface area contributed by atoms with Crippen LogP contribution in [0.1, 0.15) is 38.5 Å². The van der Waals surface area contributed by atoms with Crippen molar-refractivity contribution in [1.29, 1.82) is 0 Å². The normalized spacial score (nSPS) is 26.5. The molecular weight excluding hydrogens is 258 g/mol. The van der Waals surface area contributed by atoms with Gasteiger partial charge in [0.25, 0.3) is 0 Å². The fourth-order valence-corrected chi connectivity index (χ4v) is 2.99. The van der Waals surface area contributed by atoms with Gasteiger partial charge in [-0.1, -0.05) is 0 Å². The Hall–Kier alpha value is -1.30. The second-order valence-electron chi connectivity index (χ2n) is 6.23. The number of carboxylic acid groups (broad SMARTS) is 1. The van der Waals surface area contributed by atoms with E-state index in [1.807, 2.05) is 0 Å². The largest absolute Gasteiger partial charge is 0.481 e. The summed E-state index contributed by atoms with van der Waals surface area (Å²) in [6, 6.07) is 1.17. The van der Waals surface area contributed by atoms with Crippen LogP contribution < -0.4 is 5.32 Å². The minimum Gasteiger partial charge on any atom is -0.481 e. The summed E-state index contributed by atoms with van der Waals surface area (Å²) in [6.45, 7) is 2.35. The molecule has 6 nitrogen and oxygen atoms in total. The van der Waals surface area contributed by atoms with E-state index in [1.54, 1.807) is 4.90 Å². The van der Waals surface area contributed by atoms with E-state index in [4.69, 9.17) is 5.11 Å². The molecule has 3 rings (SSSR count). The van der Waals surface area contributed by atoms with E-state index in [9.17, 15) is 9.59 Å². The molecule has 1 saturated heterocycles. The first-order chi connectivity index (χ1) is 9.63. The van der Waals surface area contributed by atoms with Gasteiger partial charge in [-0.15, -0.1) is 0 Å². The minimum atomic E-state index is -0.843. The van der Waals surface area contributed by atoms with Crippen molar-refractivity contribution in [1.82, 2.24) is 15.1 Å². The molecule has 1 aliphatic heterocycles. The molecule has 6 heteroatoms. The summed E-state index contributed by atoms with van der Waals surface area (Å²) >= 11 is 0. The van der Waals surface area contributed by atoms with Crippen LogP contribution in [0.4, 0.5) is 4.79 Å². The van der Waals surface area contributed by atoms with E-state index in [1.165, 1.54) is 12.8 Å². The number of rotatable bonds is 6. The van der Waals surface area contributed by atoms with Crippen molar-refractivity contribution < 1.29 is 14.7 Å². The van der Waals surface area contributed by atoms with E-state index in [0.29, 0.717) is 6.54 Å². The van der Waals surface area contributed by atoms with E-state index in [0.717, 1.165) is 38.4 Å². The zero-order valence-electron chi connectivity index (χ0n) is 11.8. The van der Waals surface area contributed by atoms with Crippen molar-refractivity contribution in [3.63, 3.8) is 0 Å². The standard InChI is InChI=1S/C14H23N3O3/c18-13(19)6-8-17(12-3-4-12)14(20)15-10-5-7-16(9-10)11-1-2-11/h10-12H,1-9H2,(H,15,20)(H,18,19). The van der Waals surface area contributed by atoms with Gasteiger partial charge in [0.2, 0.25) is 0 Å². The molecule has 3 aliphatic rings. The molecule has 112 valence electrons. The van der Waals surface area contributed by atoms with E-state index < -0.39 is 5.97 Å². The number of nitrogens with one attached hydrogen (secondary N) is 1. The highest BCUT2D eigenvalue weighted by Gasteiger charge is 2.37. The third-order valence-corrected chi connectivity index (χ3v) is 4.43. The Labute approximate surface area is 119 Å². The maximum Gasteiger partial charge on any atom is 0.317 e. The average Bonchev–Trinajstić information content (AvgIpc) is 3.29. The first kappa shape index (κ1) is 13.7. The smallest absolute Gasteiger partial charge is 0.317 e. The van der Waals surface area contributed by atoms with E-state index in [2.05, 4.69) is 10.2 Å². The van der Waals surface area contributed by atoms with Crippen LogP contribution in [0.15, 0.2) is 0 Å². The summed E-state index contributed by atoms with van der Waals surface area (Å²) in [5, 5.41) is 11.9. The number of nitrogens with zero attached hydrogens (tertiary/aromatic N) is 2. The highest BCUT2D eigenvalue weighted by Crippen LogP contribution is 2.30. The zero-order chi connectivity index (χ0) is 14.1. The Balaban J connectivity index is 1.47. The number of urea groups is 1. The molecule has 20 heavy (non-hydrogen) atoms. The van der Waals surface area contributed by atoms with Crippen LogP contribution in [0, 0.1) is 0 Å². The highest BCUT2D eigenvalue weighted by molar-refractivity contribution is 5.76. The Morgan fingerprint density at radius 2 is 1.95 bits per heavy atom. The van der Waals surface area contributed by atoms with Crippen LogP contribution in [0.5, 0.6) is 0 Å². The molecule has 3 fully saturated rings. The van der Waals surface area contributed by atoms with Crippen LogP contribution >= 0.6 is 0 Å². The zero-order valence-corrected chi connectivity index (χ0v) is 11.8. The summed E-state index contributed by atoms with van der Waals surface area (Å²) in [4.78, 5) is 27.1. The topological polar surface area (TPSA) is 72.9 Å². The first-order valence-corrected chi connectivity index (χ1v) is 7.66. The monoisotopic (exact) mass is 281 g/mol. The Morgan fingerprint density at radius 3 is 2.55 bits per heavy atom. The van der Waals surface area contributed by atoms with Crippen molar-refractivity contribution in [2.45, 2.75) is 56.7 Å². The number of hydrogen-bond donors (Lipinski definition) is 2. The van der Waals surface area contributed by atoms with Crippen molar-refractivity contribution >= 4 is 12.0 Å². The molecule has 2 saturated carbocycles. The van der Waals surface area contributed by atoms with Crippen LogP contribution in [0.3, 0.4) is 0 Å². The summed E-state index contributed by atoms with van der Waals surface area (Å²) in [5.74, 6) is -0.843. The molecule has 2 N–H and O–H groups in total. The third kappa shape index (κ3) is 3.42. The minimum absolute atomic E-state index is 0.0305. The Bertz CT molecular complexity index is 393. The molecule has 0 aromatic heterocycles. The van der Waals surface area contributed by atoms with Gasteiger partial charge in [-0.05, 0) is 32.1 Å². The molecule has 2 aliphatic carbocycles. The average molecular weight is 281 g/mol. The lowest BCUT2D eigenvalue weighted by molar-refractivity contribution is -0.137. The van der Waals surface area contributed by atoms with Crippen LogP contribution in [0.25, 0.3) is 0 Å². The second-order valence-corrected chi connectivity index (χ2v) is 6.23. The fraction of sp³-hybridized carbons (Fsp3) is 0.857. The maximum atomic E-state index is 12.3. The molecule has 0 spiro atoms. The van der Waals surface area contributed by atoms with Crippen LogP contribution in [0.2, 0.25) is 0 Å². The summed E-state index contributed by atoms with van der Waals surface area (Å²) < 4.78 is 0. The predicted molar refractivity (Wildman–Crippen MR) is 73.5 cm³/mol. The molecule has 0 bridgehead atoms. The number of carbonyl (C=O) groups excluding carboxylic acids is 1. The summed E-state index contributed by atoms with van der Waals surface area (Å²) in [7, 11) is 0. The molecule has 1 heterocycles. The molecule has 2 amide bonds. The van der Waals surface area contributed by atoms with Gasteiger partial charge in [-0.3, -0.25) is 9.69 Å². The van der Waals surface area contributed by atoms with E-state index >= 15 is 0 Å². The lowest BCUT2D eigenvalue weighted by Gasteiger charge is -2.24. The Morgan fingerprint density at radius 1 is 1.20 bits per heavy atom. The summed E-state index contributed by atoms with van der Waals surface area (Å²) in [6.07, 6.45) is 5.65. The lowest BCUT2D eigenvalue weighted by atomic mass is 10.2. The van der Waals surface area contributed by atoms with Gasteiger partial charge in [-0.2, -0.15) is 0 Å². The van der Waals surface area contributed by atoms with Crippen LogP contribution in [-0.2, 0) is 4.79 Å². The van der Waals surface area contributed by atoms with Crippen molar-refractivity contribution in [2.75, 3.05) is 19.6 Å². The molecule has 1 unspecified atom stereocenters. The molecule has 0 radical (unpaired) electrons. The Kier molecular flexibility index (Phi) is 3.83. The van der Waals surface area contributed by atoms with Crippen LogP contribution in [-0.4, -0.2) is 64.7 Å². The second kappa shape index (κ2) is 5.60.